The number of rotatable bonds is 3. The Hall–Kier alpha value is -1.40. The minimum Gasteiger partial charge on any atom is -0.459 e. The Morgan fingerprint density at radius 2 is 2.22 bits per heavy atom. The van der Waals surface area contributed by atoms with Crippen LogP contribution in [0.25, 0.3) is 11.3 Å². The molecule has 0 aromatic carbocycles. The Morgan fingerprint density at radius 3 is 2.78 bits per heavy atom. The van der Waals surface area contributed by atoms with Crippen LogP contribution in [0.2, 0.25) is 0 Å². The van der Waals surface area contributed by atoms with Crippen LogP contribution in [-0.4, -0.2) is 17.1 Å². The maximum atomic E-state index is 11.8. The Labute approximate surface area is 113 Å². The predicted octanol–water partition coefficient (Wildman–Crippen LogP) is 3.33. The maximum absolute atomic E-state index is 11.8. The molecule has 96 valence electrons. The summed E-state index contributed by atoms with van der Waals surface area (Å²) >= 11 is 2.81. The number of thiazole rings is 1. The SMILES string of the molecule is Cc1sc(C(=O)OC(C)C)cc1-c1csc(N)n1. The van der Waals surface area contributed by atoms with E-state index in [1.54, 1.807) is 0 Å². The quantitative estimate of drug-likeness (QED) is 0.877. The molecule has 0 unspecified atom stereocenters. The molecule has 0 radical (unpaired) electrons. The van der Waals surface area contributed by atoms with E-state index in [1.165, 1.54) is 22.7 Å². The molecule has 4 nitrogen and oxygen atoms in total. The minimum absolute atomic E-state index is 0.113. The molecule has 0 atom stereocenters. The molecule has 0 saturated heterocycles. The van der Waals surface area contributed by atoms with E-state index in [0.29, 0.717) is 10.0 Å². The second kappa shape index (κ2) is 5.07. The van der Waals surface area contributed by atoms with Gasteiger partial charge in [0.25, 0.3) is 0 Å². The first-order chi connectivity index (χ1) is 8.47. The number of carbonyl (C=O) groups excluding carboxylic acids is 1. The lowest BCUT2D eigenvalue weighted by atomic mass is 10.2. The molecule has 2 rings (SSSR count). The number of nitrogens with two attached hydrogens (primary N) is 1. The van der Waals surface area contributed by atoms with E-state index in [4.69, 9.17) is 10.5 Å². The highest BCUT2D eigenvalue weighted by Crippen LogP contribution is 2.32. The molecule has 0 bridgehead atoms. The standard InChI is InChI=1S/C12H14N2O2S2/c1-6(2)16-11(15)10-4-8(7(3)18-10)9-5-17-12(13)14-9/h4-6H,1-3H3,(H2,13,14). The fraction of sp³-hybridized carbons (Fsp3) is 0.333. The molecule has 18 heavy (non-hydrogen) atoms. The van der Waals surface area contributed by atoms with Gasteiger partial charge in [-0.2, -0.15) is 0 Å². The molecule has 2 aromatic heterocycles. The summed E-state index contributed by atoms with van der Waals surface area (Å²) in [6, 6.07) is 1.82. The Bertz CT molecular complexity index is 572. The number of anilines is 1. The summed E-state index contributed by atoms with van der Waals surface area (Å²) < 4.78 is 5.17. The van der Waals surface area contributed by atoms with Crippen LogP contribution in [0.3, 0.4) is 0 Å². The van der Waals surface area contributed by atoms with Crippen molar-refractivity contribution in [3.8, 4) is 11.3 Å². The van der Waals surface area contributed by atoms with Gasteiger partial charge in [0, 0.05) is 15.8 Å². The van der Waals surface area contributed by atoms with Crippen molar-refractivity contribution in [1.29, 1.82) is 0 Å². The van der Waals surface area contributed by atoms with Crippen molar-refractivity contribution < 1.29 is 9.53 Å². The molecule has 0 amide bonds. The van der Waals surface area contributed by atoms with Crippen molar-refractivity contribution in [1.82, 2.24) is 4.98 Å². The fourth-order valence-corrected chi connectivity index (χ4v) is 3.00. The van der Waals surface area contributed by atoms with Crippen molar-refractivity contribution >= 4 is 33.8 Å². The maximum Gasteiger partial charge on any atom is 0.348 e. The summed E-state index contributed by atoms with van der Waals surface area (Å²) in [6.45, 7) is 5.63. The van der Waals surface area contributed by atoms with E-state index in [1.807, 2.05) is 32.2 Å². The van der Waals surface area contributed by atoms with Gasteiger partial charge in [0.05, 0.1) is 11.8 Å². The number of aryl methyl sites for hydroxylation is 1. The highest BCUT2D eigenvalue weighted by molar-refractivity contribution is 7.15. The number of nitrogen functional groups attached to an aromatic ring is 1. The second-order valence-electron chi connectivity index (χ2n) is 4.11. The van der Waals surface area contributed by atoms with Crippen molar-refractivity contribution in [2.45, 2.75) is 26.9 Å². The highest BCUT2D eigenvalue weighted by Gasteiger charge is 2.17. The van der Waals surface area contributed by atoms with Crippen LogP contribution in [0.4, 0.5) is 5.13 Å². The minimum atomic E-state index is -0.285. The lowest BCUT2D eigenvalue weighted by Crippen LogP contribution is -2.09. The smallest absolute Gasteiger partial charge is 0.348 e. The number of aromatic nitrogens is 1. The molecule has 0 aliphatic carbocycles. The summed E-state index contributed by atoms with van der Waals surface area (Å²) in [6.07, 6.45) is -0.113. The van der Waals surface area contributed by atoms with Gasteiger partial charge in [-0.1, -0.05) is 0 Å². The van der Waals surface area contributed by atoms with E-state index in [9.17, 15) is 4.79 Å². The zero-order valence-corrected chi connectivity index (χ0v) is 12.0. The largest absolute Gasteiger partial charge is 0.459 e. The number of thiophene rings is 1. The summed E-state index contributed by atoms with van der Waals surface area (Å²) in [5, 5.41) is 2.42. The monoisotopic (exact) mass is 282 g/mol. The van der Waals surface area contributed by atoms with Gasteiger partial charge in [-0.05, 0) is 26.8 Å². The van der Waals surface area contributed by atoms with Crippen LogP contribution in [0.5, 0.6) is 0 Å². The first-order valence-electron chi connectivity index (χ1n) is 5.50. The molecule has 0 fully saturated rings. The molecular weight excluding hydrogens is 268 g/mol. The van der Waals surface area contributed by atoms with Gasteiger partial charge in [-0.15, -0.1) is 22.7 Å². The third kappa shape index (κ3) is 2.70. The van der Waals surface area contributed by atoms with Crippen molar-refractivity contribution in [3.63, 3.8) is 0 Å². The van der Waals surface area contributed by atoms with Crippen LogP contribution in [0, 0.1) is 6.92 Å². The van der Waals surface area contributed by atoms with Crippen LogP contribution in [0.15, 0.2) is 11.4 Å². The van der Waals surface area contributed by atoms with Crippen LogP contribution >= 0.6 is 22.7 Å². The first kappa shape index (κ1) is 13.0. The summed E-state index contributed by atoms with van der Waals surface area (Å²) in [7, 11) is 0. The summed E-state index contributed by atoms with van der Waals surface area (Å²) in [5.41, 5.74) is 7.38. The zero-order chi connectivity index (χ0) is 13.3. The average molecular weight is 282 g/mol. The molecule has 2 N–H and O–H groups in total. The van der Waals surface area contributed by atoms with E-state index in [0.717, 1.165) is 16.1 Å². The second-order valence-corrected chi connectivity index (χ2v) is 6.25. The van der Waals surface area contributed by atoms with Gasteiger partial charge < -0.3 is 10.5 Å². The van der Waals surface area contributed by atoms with Crippen LogP contribution < -0.4 is 5.73 Å². The normalized spacial score (nSPS) is 10.9. The van der Waals surface area contributed by atoms with Gasteiger partial charge in [-0.3, -0.25) is 0 Å². The number of hydrogen-bond acceptors (Lipinski definition) is 6. The predicted molar refractivity (Wildman–Crippen MR) is 75.1 cm³/mol. The molecule has 0 aliphatic rings. The molecule has 6 heteroatoms. The van der Waals surface area contributed by atoms with Crippen molar-refractivity contribution in [3.05, 3.63) is 21.2 Å². The third-order valence-electron chi connectivity index (χ3n) is 2.26. The van der Waals surface area contributed by atoms with E-state index < -0.39 is 0 Å². The Kier molecular flexibility index (Phi) is 3.68. The molecule has 0 saturated carbocycles. The zero-order valence-electron chi connectivity index (χ0n) is 10.4. The van der Waals surface area contributed by atoms with Crippen molar-refractivity contribution in [2.24, 2.45) is 0 Å². The molecular formula is C12H14N2O2S2. The van der Waals surface area contributed by atoms with E-state index in [-0.39, 0.29) is 12.1 Å². The molecule has 2 aromatic rings. The van der Waals surface area contributed by atoms with Gasteiger partial charge in [0.2, 0.25) is 0 Å². The van der Waals surface area contributed by atoms with Crippen LogP contribution in [0.1, 0.15) is 28.4 Å². The lowest BCUT2D eigenvalue weighted by molar-refractivity contribution is 0.0384. The van der Waals surface area contributed by atoms with Gasteiger partial charge in [-0.25, -0.2) is 9.78 Å². The highest BCUT2D eigenvalue weighted by atomic mass is 32.1. The van der Waals surface area contributed by atoms with Gasteiger partial charge in [0.15, 0.2) is 5.13 Å². The van der Waals surface area contributed by atoms with E-state index in [2.05, 4.69) is 4.98 Å². The van der Waals surface area contributed by atoms with Gasteiger partial charge in [0.1, 0.15) is 4.88 Å². The number of ether oxygens (including phenoxy) is 1. The Morgan fingerprint density at radius 1 is 1.50 bits per heavy atom. The van der Waals surface area contributed by atoms with Gasteiger partial charge >= 0.3 is 5.97 Å². The number of hydrogen-bond donors (Lipinski definition) is 1. The summed E-state index contributed by atoms with van der Waals surface area (Å²) in [4.78, 5) is 17.7. The number of carbonyl (C=O) groups is 1. The Balaban J connectivity index is 2.30. The fourth-order valence-electron chi connectivity index (χ4n) is 1.52. The van der Waals surface area contributed by atoms with E-state index >= 15 is 0 Å². The first-order valence-corrected chi connectivity index (χ1v) is 7.19. The summed E-state index contributed by atoms with van der Waals surface area (Å²) in [5.74, 6) is -0.285. The molecule has 2 heterocycles. The molecule has 0 aliphatic heterocycles. The lowest BCUT2D eigenvalue weighted by Gasteiger charge is -2.05. The topological polar surface area (TPSA) is 65.2 Å². The average Bonchev–Trinajstić information content (AvgIpc) is 2.83. The van der Waals surface area contributed by atoms with Crippen molar-refractivity contribution in [2.75, 3.05) is 5.73 Å². The number of nitrogens with zero attached hydrogens (tertiary/aromatic N) is 1. The molecule has 0 spiro atoms. The number of esters is 1. The van der Waals surface area contributed by atoms with Crippen LogP contribution in [-0.2, 0) is 4.74 Å². The third-order valence-corrected chi connectivity index (χ3v) is 3.96.